The van der Waals surface area contributed by atoms with E-state index in [1.807, 2.05) is 18.9 Å². The molecule has 1 N–H and O–H groups in total. The minimum Gasteiger partial charge on any atom is -0.480 e. The monoisotopic (exact) mass is 225 g/mol. The quantitative estimate of drug-likeness (QED) is 0.800. The summed E-state index contributed by atoms with van der Waals surface area (Å²) in [4.78, 5) is 24.2. The summed E-state index contributed by atoms with van der Waals surface area (Å²) in [6.45, 7) is 4.12. The molecule has 0 fully saturated rings. The molecule has 1 aromatic heterocycles. The fourth-order valence-electron chi connectivity index (χ4n) is 1.19. The van der Waals surface area contributed by atoms with Crippen molar-refractivity contribution in [2.75, 3.05) is 18.5 Å². The molecule has 0 spiro atoms. The van der Waals surface area contributed by atoms with Crippen molar-refractivity contribution in [3.05, 3.63) is 22.6 Å². The van der Waals surface area contributed by atoms with E-state index in [1.54, 1.807) is 0 Å². The van der Waals surface area contributed by atoms with E-state index in [9.17, 15) is 9.59 Å². The molecule has 1 unspecified atom stereocenters. The summed E-state index contributed by atoms with van der Waals surface area (Å²) in [6.07, 6.45) is 1.49. The van der Waals surface area contributed by atoms with Crippen LogP contribution in [0, 0.1) is 0 Å². The van der Waals surface area contributed by atoms with E-state index in [4.69, 9.17) is 5.11 Å². The largest absolute Gasteiger partial charge is 0.480 e. The number of hydrogen-bond acceptors (Lipinski definition) is 4. The van der Waals surface area contributed by atoms with Gasteiger partial charge in [0.2, 0.25) is 0 Å². The van der Waals surface area contributed by atoms with Gasteiger partial charge in [-0.05, 0) is 13.8 Å². The first-order valence-electron chi connectivity index (χ1n) is 5.00. The zero-order chi connectivity index (χ0) is 12.3. The number of carbonyl (C=O) groups is 1. The molecule has 0 aliphatic rings. The van der Waals surface area contributed by atoms with Gasteiger partial charge in [-0.15, -0.1) is 0 Å². The summed E-state index contributed by atoms with van der Waals surface area (Å²) in [5.74, 6) is -1.08. The van der Waals surface area contributed by atoms with Crippen LogP contribution in [0.25, 0.3) is 0 Å². The second-order valence-corrected chi connectivity index (χ2v) is 3.52. The number of carboxylic acids is 1. The Morgan fingerprint density at radius 2 is 2.31 bits per heavy atom. The van der Waals surface area contributed by atoms with Gasteiger partial charge in [-0.25, -0.2) is 9.48 Å². The maximum atomic E-state index is 11.6. The highest BCUT2D eigenvalue weighted by molar-refractivity contribution is 5.71. The molecule has 0 saturated carbocycles. The van der Waals surface area contributed by atoms with E-state index < -0.39 is 17.6 Å². The van der Waals surface area contributed by atoms with Crippen molar-refractivity contribution in [3.8, 4) is 0 Å². The minimum atomic E-state index is -1.08. The van der Waals surface area contributed by atoms with E-state index in [0.717, 1.165) is 11.2 Å². The van der Waals surface area contributed by atoms with Gasteiger partial charge in [-0.3, -0.25) is 4.79 Å². The molecule has 0 radical (unpaired) electrons. The molecular weight excluding hydrogens is 210 g/mol. The summed E-state index contributed by atoms with van der Waals surface area (Å²) < 4.78 is 0.954. The minimum absolute atomic E-state index is 0.410. The lowest BCUT2D eigenvalue weighted by Gasteiger charge is -2.17. The first kappa shape index (κ1) is 12.2. The van der Waals surface area contributed by atoms with Gasteiger partial charge >= 0.3 is 5.97 Å². The number of rotatable bonds is 4. The lowest BCUT2D eigenvalue weighted by atomic mass is 10.3. The standard InChI is InChI=1S/C10H15N3O3/c1-4-12(3)8-5-9(14)13(11-6-8)7(2)10(15)16/h5-7H,4H2,1-3H3,(H,15,16). The van der Waals surface area contributed by atoms with Crippen LogP contribution in [-0.4, -0.2) is 34.4 Å². The van der Waals surface area contributed by atoms with Gasteiger partial charge in [-0.1, -0.05) is 0 Å². The molecule has 0 aromatic carbocycles. The zero-order valence-corrected chi connectivity index (χ0v) is 9.54. The van der Waals surface area contributed by atoms with E-state index in [0.29, 0.717) is 5.69 Å². The molecule has 16 heavy (non-hydrogen) atoms. The molecule has 6 heteroatoms. The Hall–Kier alpha value is -1.85. The van der Waals surface area contributed by atoms with Crippen molar-refractivity contribution >= 4 is 11.7 Å². The number of anilines is 1. The summed E-state index contributed by atoms with van der Waals surface area (Å²) in [6, 6.07) is 0.434. The van der Waals surface area contributed by atoms with Crippen LogP contribution < -0.4 is 10.5 Å². The SMILES string of the molecule is CCN(C)c1cnn(C(C)C(=O)O)c(=O)c1. The second kappa shape index (κ2) is 4.78. The Bertz CT molecular complexity index is 441. The first-order valence-corrected chi connectivity index (χ1v) is 5.00. The van der Waals surface area contributed by atoms with Crippen LogP contribution in [0.3, 0.4) is 0 Å². The summed E-state index contributed by atoms with van der Waals surface area (Å²) in [5, 5.41) is 12.6. The van der Waals surface area contributed by atoms with Crippen LogP contribution in [0.2, 0.25) is 0 Å². The fourth-order valence-corrected chi connectivity index (χ4v) is 1.19. The average molecular weight is 225 g/mol. The van der Waals surface area contributed by atoms with Crippen molar-refractivity contribution in [1.82, 2.24) is 9.78 Å². The Morgan fingerprint density at radius 1 is 1.69 bits per heavy atom. The van der Waals surface area contributed by atoms with Crippen LogP contribution in [-0.2, 0) is 4.79 Å². The molecule has 1 aromatic rings. The molecule has 1 atom stereocenters. The van der Waals surface area contributed by atoms with Crippen LogP contribution in [0.5, 0.6) is 0 Å². The van der Waals surface area contributed by atoms with E-state index in [1.165, 1.54) is 19.2 Å². The fraction of sp³-hybridized carbons (Fsp3) is 0.500. The molecule has 1 rings (SSSR count). The van der Waals surface area contributed by atoms with Gasteiger partial charge in [0, 0.05) is 19.7 Å². The van der Waals surface area contributed by atoms with E-state index in [2.05, 4.69) is 5.10 Å². The van der Waals surface area contributed by atoms with Crippen LogP contribution >= 0.6 is 0 Å². The van der Waals surface area contributed by atoms with Gasteiger partial charge in [0.1, 0.15) is 0 Å². The van der Waals surface area contributed by atoms with E-state index in [-0.39, 0.29) is 0 Å². The summed E-state index contributed by atoms with van der Waals surface area (Å²) >= 11 is 0. The molecule has 0 aliphatic heterocycles. The molecule has 88 valence electrons. The number of nitrogens with zero attached hydrogens (tertiary/aromatic N) is 3. The van der Waals surface area contributed by atoms with Gasteiger partial charge in [0.15, 0.2) is 6.04 Å². The Balaban J connectivity index is 3.10. The van der Waals surface area contributed by atoms with Crippen LogP contribution in [0.1, 0.15) is 19.9 Å². The maximum absolute atomic E-state index is 11.6. The van der Waals surface area contributed by atoms with Crippen molar-refractivity contribution in [2.24, 2.45) is 0 Å². The van der Waals surface area contributed by atoms with Gasteiger partial charge in [0.05, 0.1) is 11.9 Å². The number of hydrogen-bond donors (Lipinski definition) is 1. The highest BCUT2D eigenvalue weighted by Crippen LogP contribution is 2.07. The summed E-state index contributed by atoms with van der Waals surface area (Å²) in [7, 11) is 1.83. The molecule has 0 amide bonds. The van der Waals surface area contributed by atoms with Gasteiger partial charge in [-0.2, -0.15) is 5.10 Å². The third-order valence-electron chi connectivity index (χ3n) is 2.45. The zero-order valence-electron chi connectivity index (χ0n) is 9.54. The van der Waals surface area contributed by atoms with Crippen LogP contribution in [0.4, 0.5) is 5.69 Å². The third-order valence-corrected chi connectivity index (χ3v) is 2.45. The summed E-state index contributed by atoms with van der Waals surface area (Å²) in [5.41, 5.74) is 0.272. The topological polar surface area (TPSA) is 75.4 Å². The Kier molecular flexibility index (Phi) is 3.65. The van der Waals surface area contributed by atoms with E-state index >= 15 is 0 Å². The van der Waals surface area contributed by atoms with Gasteiger partial charge in [0.25, 0.3) is 5.56 Å². The number of carboxylic acid groups (broad SMARTS) is 1. The Morgan fingerprint density at radius 3 is 2.75 bits per heavy atom. The Labute approximate surface area is 93.1 Å². The highest BCUT2D eigenvalue weighted by Gasteiger charge is 2.16. The molecule has 0 saturated heterocycles. The number of aromatic nitrogens is 2. The second-order valence-electron chi connectivity index (χ2n) is 3.52. The van der Waals surface area contributed by atoms with Crippen molar-refractivity contribution in [3.63, 3.8) is 0 Å². The third kappa shape index (κ3) is 2.39. The lowest BCUT2D eigenvalue weighted by Crippen LogP contribution is -2.31. The number of aliphatic carboxylic acids is 1. The molecule has 6 nitrogen and oxygen atoms in total. The maximum Gasteiger partial charge on any atom is 0.328 e. The molecule has 0 bridgehead atoms. The van der Waals surface area contributed by atoms with Crippen LogP contribution in [0.15, 0.2) is 17.1 Å². The molecule has 1 heterocycles. The van der Waals surface area contributed by atoms with Crippen molar-refractivity contribution < 1.29 is 9.90 Å². The normalized spacial score (nSPS) is 12.2. The first-order chi connectivity index (χ1) is 7.47. The predicted molar refractivity (Wildman–Crippen MR) is 59.8 cm³/mol. The smallest absolute Gasteiger partial charge is 0.328 e. The predicted octanol–water partition coefficient (Wildman–Crippen LogP) is 0.345. The lowest BCUT2D eigenvalue weighted by molar-refractivity contribution is -0.140. The molecular formula is C10H15N3O3. The highest BCUT2D eigenvalue weighted by atomic mass is 16.4. The van der Waals surface area contributed by atoms with Crippen molar-refractivity contribution in [1.29, 1.82) is 0 Å². The average Bonchev–Trinajstić information content (AvgIpc) is 2.26. The van der Waals surface area contributed by atoms with Gasteiger partial charge < -0.3 is 10.0 Å². The molecule has 0 aliphatic carbocycles. The van der Waals surface area contributed by atoms with Crippen molar-refractivity contribution in [2.45, 2.75) is 19.9 Å².